The normalized spacial score (nSPS) is 24.2. The fraction of sp³-hybridized carbons (Fsp3) is 0.538. The van der Waals surface area contributed by atoms with Crippen LogP contribution < -0.4 is 5.32 Å². The Bertz CT molecular complexity index is 428. The third-order valence-electron chi connectivity index (χ3n) is 3.33. The second kappa shape index (κ2) is 6.24. The third kappa shape index (κ3) is 3.60. The lowest BCUT2D eigenvalue weighted by Crippen LogP contribution is -2.35. The largest absolute Gasteiger partial charge is 0.506 e. The number of phenolic OH excluding ortho intramolecular Hbond substituents is 1. The highest BCUT2D eigenvalue weighted by atomic mass is 79.9. The Kier molecular flexibility index (Phi) is 4.90. The summed E-state index contributed by atoms with van der Waals surface area (Å²) in [6, 6.07) is 3.74. The molecule has 5 heteroatoms. The van der Waals surface area contributed by atoms with Crippen molar-refractivity contribution < 1.29 is 10.2 Å². The maximum Gasteiger partial charge on any atom is 0.134 e. The van der Waals surface area contributed by atoms with Gasteiger partial charge in [-0.1, -0.05) is 11.6 Å². The van der Waals surface area contributed by atoms with Crippen molar-refractivity contribution in [1.82, 2.24) is 5.32 Å². The summed E-state index contributed by atoms with van der Waals surface area (Å²) in [6.45, 7) is 0.558. The number of halogens is 2. The zero-order valence-electron chi connectivity index (χ0n) is 10.00. The molecule has 1 aromatic carbocycles. The third-order valence-corrected chi connectivity index (χ3v) is 4.16. The van der Waals surface area contributed by atoms with Crippen molar-refractivity contribution in [2.24, 2.45) is 0 Å². The van der Waals surface area contributed by atoms with Gasteiger partial charge in [0.25, 0.3) is 0 Å². The van der Waals surface area contributed by atoms with Crippen molar-refractivity contribution in [2.75, 3.05) is 0 Å². The van der Waals surface area contributed by atoms with E-state index in [1.807, 2.05) is 0 Å². The quantitative estimate of drug-likeness (QED) is 0.795. The first-order valence-electron chi connectivity index (χ1n) is 6.14. The fourth-order valence-corrected chi connectivity index (χ4v) is 3.23. The van der Waals surface area contributed by atoms with Crippen molar-refractivity contribution in [2.45, 2.75) is 44.4 Å². The Morgan fingerprint density at radius 3 is 2.89 bits per heavy atom. The standard InChI is InChI=1S/C13H17BrClNO2/c14-12-5-9(15)4-8(13(12)18)7-16-10-2-1-3-11(17)6-10/h4-5,10-11,16-18H,1-3,6-7H2/t10-,11+/m1/s1. The molecule has 2 rings (SSSR count). The van der Waals surface area contributed by atoms with Crippen LogP contribution in [0.5, 0.6) is 5.75 Å². The summed E-state index contributed by atoms with van der Waals surface area (Å²) in [5.41, 5.74) is 0.773. The fourth-order valence-electron chi connectivity index (χ4n) is 2.36. The van der Waals surface area contributed by atoms with Crippen LogP contribution in [0, 0.1) is 0 Å². The van der Waals surface area contributed by atoms with Gasteiger partial charge in [0.15, 0.2) is 0 Å². The number of aromatic hydroxyl groups is 1. The Morgan fingerprint density at radius 2 is 2.17 bits per heavy atom. The van der Waals surface area contributed by atoms with Gasteiger partial charge in [-0.25, -0.2) is 0 Å². The molecular weight excluding hydrogens is 318 g/mol. The van der Waals surface area contributed by atoms with E-state index in [9.17, 15) is 10.2 Å². The van der Waals surface area contributed by atoms with Crippen LogP contribution in [0.4, 0.5) is 0 Å². The van der Waals surface area contributed by atoms with Gasteiger partial charge in [0.05, 0.1) is 10.6 Å². The van der Waals surface area contributed by atoms with Gasteiger partial charge < -0.3 is 15.5 Å². The predicted octanol–water partition coefficient (Wildman–Crippen LogP) is 3.20. The van der Waals surface area contributed by atoms with Crippen molar-refractivity contribution in [3.63, 3.8) is 0 Å². The Balaban J connectivity index is 1.97. The topological polar surface area (TPSA) is 52.5 Å². The first-order valence-corrected chi connectivity index (χ1v) is 7.31. The molecule has 100 valence electrons. The zero-order valence-corrected chi connectivity index (χ0v) is 12.3. The number of aliphatic hydroxyl groups excluding tert-OH is 1. The molecule has 1 aliphatic carbocycles. The molecule has 1 aromatic rings. The maximum atomic E-state index is 9.91. The lowest BCUT2D eigenvalue weighted by atomic mass is 9.93. The summed E-state index contributed by atoms with van der Waals surface area (Å²) in [5, 5.41) is 23.5. The van der Waals surface area contributed by atoms with Gasteiger partial charge in [0.2, 0.25) is 0 Å². The SMILES string of the molecule is Oc1c(Br)cc(Cl)cc1CN[C@@H]1CCC[C@H](O)C1. The minimum absolute atomic E-state index is 0.198. The van der Waals surface area contributed by atoms with Crippen molar-refractivity contribution in [3.8, 4) is 5.75 Å². The zero-order chi connectivity index (χ0) is 13.1. The van der Waals surface area contributed by atoms with Crippen LogP contribution in [0.1, 0.15) is 31.2 Å². The minimum atomic E-state index is -0.198. The Morgan fingerprint density at radius 1 is 1.39 bits per heavy atom. The van der Waals surface area contributed by atoms with Crippen LogP contribution >= 0.6 is 27.5 Å². The molecule has 1 fully saturated rings. The second-order valence-corrected chi connectivity index (χ2v) is 6.08. The van der Waals surface area contributed by atoms with Crippen LogP contribution in [-0.4, -0.2) is 22.4 Å². The molecule has 0 radical (unpaired) electrons. The van der Waals surface area contributed by atoms with Gasteiger partial charge in [-0.15, -0.1) is 0 Å². The van der Waals surface area contributed by atoms with Gasteiger partial charge >= 0.3 is 0 Å². The molecule has 0 heterocycles. The summed E-state index contributed by atoms with van der Waals surface area (Å²) in [7, 11) is 0. The summed E-state index contributed by atoms with van der Waals surface area (Å²) in [6.07, 6.45) is 3.59. The van der Waals surface area contributed by atoms with Gasteiger partial charge in [-0.05, 0) is 53.7 Å². The van der Waals surface area contributed by atoms with E-state index in [0.29, 0.717) is 22.1 Å². The lowest BCUT2D eigenvalue weighted by Gasteiger charge is -2.27. The monoisotopic (exact) mass is 333 g/mol. The van der Waals surface area contributed by atoms with E-state index in [0.717, 1.165) is 31.2 Å². The average molecular weight is 335 g/mol. The lowest BCUT2D eigenvalue weighted by molar-refractivity contribution is 0.111. The molecular formula is C13H17BrClNO2. The molecule has 1 saturated carbocycles. The van der Waals surface area contributed by atoms with Gasteiger partial charge in [-0.3, -0.25) is 0 Å². The molecule has 0 saturated heterocycles. The molecule has 2 atom stereocenters. The molecule has 18 heavy (non-hydrogen) atoms. The molecule has 0 aliphatic heterocycles. The highest BCUT2D eigenvalue weighted by Crippen LogP contribution is 2.31. The number of nitrogens with one attached hydrogen (secondary N) is 1. The number of rotatable bonds is 3. The minimum Gasteiger partial charge on any atom is -0.506 e. The van der Waals surface area contributed by atoms with E-state index in [1.165, 1.54) is 0 Å². The van der Waals surface area contributed by atoms with E-state index in [4.69, 9.17) is 11.6 Å². The summed E-state index contributed by atoms with van der Waals surface area (Å²) in [5.74, 6) is 0.225. The van der Waals surface area contributed by atoms with Crippen LogP contribution in [0.2, 0.25) is 5.02 Å². The average Bonchev–Trinajstić information content (AvgIpc) is 2.32. The van der Waals surface area contributed by atoms with E-state index < -0.39 is 0 Å². The van der Waals surface area contributed by atoms with E-state index >= 15 is 0 Å². The van der Waals surface area contributed by atoms with Crippen molar-refractivity contribution in [1.29, 1.82) is 0 Å². The van der Waals surface area contributed by atoms with Crippen molar-refractivity contribution in [3.05, 3.63) is 27.2 Å². The molecule has 3 nitrogen and oxygen atoms in total. The van der Waals surface area contributed by atoms with Crippen LogP contribution in [0.15, 0.2) is 16.6 Å². The first kappa shape index (κ1) is 14.1. The summed E-state index contributed by atoms with van der Waals surface area (Å²) in [4.78, 5) is 0. The molecule has 0 aromatic heterocycles. The Labute approximate surface area is 120 Å². The molecule has 0 bridgehead atoms. The smallest absolute Gasteiger partial charge is 0.134 e. The van der Waals surface area contributed by atoms with E-state index in [2.05, 4.69) is 21.2 Å². The van der Waals surface area contributed by atoms with Crippen LogP contribution in [0.3, 0.4) is 0 Å². The van der Waals surface area contributed by atoms with Crippen LogP contribution in [-0.2, 0) is 6.54 Å². The molecule has 3 N–H and O–H groups in total. The second-order valence-electron chi connectivity index (χ2n) is 4.79. The number of aliphatic hydroxyl groups is 1. The predicted molar refractivity (Wildman–Crippen MR) is 75.9 cm³/mol. The highest BCUT2D eigenvalue weighted by Gasteiger charge is 2.20. The van der Waals surface area contributed by atoms with Crippen LogP contribution in [0.25, 0.3) is 0 Å². The molecule has 1 aliphatic rings. The number of hydrogen-bond acceptors (Lipinski definition) is 3. The van der Waals surface area contributed by atoms with Gasteiger partial charge in [-0.2, -0.15) is 0 Å². The van der Waals surface area contributed by atoms with Crippen molar-refractivity contribution >= 4 is 27.5 Å². The first-order chi connectivity index (χ1) is 8.56. The molecule has 0 spiro atoms. The van der Waals surface area contributed by atoms with Gasteiger partial charge in [0.1, 0.15) is 5.75 Å². The number of benzene rings is 1. The molecule has 0 amide bonds. The maximum absolute atomic E-state index is 9.91. The molecule has 0 unspecified atom stereocenters. The summed E-state index contributed by atoms with van der Waals surface area (Å²) >= 11 is 9.23. The number of hydrogen-bond donors (Lipinski definition) is 3. The van der Waals surface area contributed by atoms with E-state index in [1.54, 1.807) is 12.1 Å². The number of phenols is 1. The summed E-state index contributed by atoms with van der Waals surface area (Å²) < 4.78 is 0.607. The van der Waals surface area contributed by atoms with Gasteiger partial charge in [0, 0.05) is 23.2 Å². The Hall–Kier alpha value is -0.290. The van der Waals surface area contributed by atoms with E-state index in [-0.39, 0.29) is 11.9 Å². The highest BCUT2D eigenvalue weighted by molar-refractivity contribution is 9.10.